The molecule has 0 aromatic heterocycles. The number of carboxylic acid groups (broad SMARTS) is 1. The molecule has 110 valence electrons. The van der Waals surface area contributed by atoms with Crippen LogP contribution < -0.4 is 5.32 Å². The molecule has 2 saturated carbocycles. The van der Waals surface area contributed by atoms with Gasteiger partial charge in [0.1, 0.15) is 0 Å². The number of rotatable bonds is 3. The second kappa shape index (κ2) is 4.33. The van der Waals surface area contributed by atoms with E-state index >= 15 is 0 Å². The summed E-state index contributed by atoms with van der Waals surface area (Å²) in [4.78, 5) is 23.2. The Balaban J connectivity index is 1.40. The minimum absolute atomic E-state index is 0.0629. The highest BCUT2D eigenvalue weighted by Crippen LogP contribution is 2.61. The first-order chi connectivity index (χ1) is 10.1. The summed E-state index contributed by atoms with van der Waals surface area (Å²) in [6.45, 7) is 0. The summed E-state index contributed by atoms with van der Waals surface area (Å²) >= 11 is 0. The molecule has 0 heterocycles. The van der Waals surface area contributed by atoms with Gasteiger partial charge in [-0.05, 0) is 43.2 Å². The molecule has 3 aliphatic carbocycles. The molecular formula is C17H19NO3. The molecule has 1 amide bonds. The van der Waals surface area contributed by atoms with Gasteiger partial charge in [-0.2, -0.15) is 0 Å². The fourth-order valence-corrected chi connectivity index (χ4v) is 4.18. The number of hydrogen-bond donors (Lipinski definition) is 2. The molecular weight excluding hydrogens is 266 g/mol. The van der Waals surface area contributed by atoms with Crippen LogP contribution in [-0.4, -0.2) is 23.0 Å². The van der Waals surface area contributed by atoms with Gasteiger partial charge in [0.15, 0.2) is 0 Å². The Morgan fingerprint density at radius 3 is 2.76 bits per heavy atom. The molecule has 1 aromatic rings. The van der Waals surface area contributed by atoms with E-state index in [4.69, 9.17) is 5.11 Å². The lowest BCUT2D eigenvalue weighted by molar-refractivity contribution is -0.146. The lowest BCUT2D eigenvalue weighted by Crippen LogP contribution is -2.47. The Morgan fingerprint density at radius 1 is 1.24 bits per heavy atom. The molecule has 0 saturated heterocycles. The average molecular weight is 285 g/mol. The lowest BCUT2D eigenvalue weighted by Gasteiger charge is -2.33. The topological polar surface area (TPSA) is 66.4 Å². The number of nitrogens with one attached hydrogen (secondary N) is 1. The van der Waals surface area contributed by atoms with E-state index < -0.39 is 5.97 Å². The molecule has 1 spiro atoms. The quantitative estimate of drug-likeness (QED) is 0.891. The molecule has 21 heavy (non-hydrogen) atoms. The molecule has 2 N–H and O–H groups in total. The maximum absolute atomic E-state index is 12.4. The monoisotopic (exact) mass is 285 g/mol. The molecule has 2 unspecified atom stereocenters. The summed E-state index contributed by atoms with van der Waals surface area (Å²) in [7, 11) is 0. The zero-order valence-corrected chi connectivity index (χ0v) is 11.8. The number of hydrogen-bond acceptors (Lipinski definition) is 2. The fourth-order valence-electron chi connectivity index (χ4n) is 4.18. The number of amides is 1. The van der Waals surface area contributed by atoms with Gasteiger partial charge in [-0.3, -0.25) is 9.59 Å². The van der Waals surface area contributed by atoms with E-state index in [0.29, 0.717) is 12.8 Å². The summed E-state index contributed by atoms with van der Waals surface area (Å²) in [5.74, 6) is -0.797. The summed E-state index contributed by atoms with van der Waals surface area (Å²) in [6.07, 6.45) is 4.26. The first kappa shape index (κ1) is 12.9. The highest BCUT2D eigenvalue weighted by atomic mass is 16.4. The standard InChI is InChI=1S/C17H19NO3/c19-15(18-12-7-11(8-12)16(20)21)14-9-17(14)6-5-10-3-1-2-4-13(10)17/h1-4,11-12,14H,5-9H2,(H,18,19)(H,20,21). The van der Waals surface area contributed by atoms with Crippen LogP contribution >= 0.6 is 0 Å². The van der Waals surface area contributed by atoms with Crippen molar-refractivity contribution in [1.29, 1.82) is 0 Å². The first-order valence-electron chi connectivity index (χ1n) is 7.72. The molecule has 0 bridgehead atoms. The Hall–Kier alpha value is -1.84. The van der Waals surface area contributed by atoms with Gasteiger partial charge in [-0.1, -0.05) is 24.3 Å². The first-order valence-corrected chi connectivity index (χ1v) is 7.72. The van der Waals surface area contributed by atoms with Crippen molar-refractivity contribution in [3.8, 4) is 0 Å². The van der Waals surface area contributed by atoms with Crippen molar-refractivity contribution < 1.29 is 14.7 Å². The minimum Gasteiger partial charge on any atom is -0.481 e. The predicted octanol–water partition coefficient (Wildman–Crippen LogP) is 1.87. The van der Waals surface area contributed by atoms with E-state index in [0.717, 1.165) is 19.3 Å². The SMILES string of the molecule is O=C(O)C1CC(NC(=O)C2CC23CCc2ccccc23)C1. The van der Waals surface area contributed by atoms with Crippen molar-refractivity contribution in [3.63, 3.8) is 0 Å². The van der Waals surface area contributed by atoms with Gasteiger partial charge in [0.2, 0.25) is 5.91 Å². The number of benzene rings is 1. The maximum Gasteiger partial charge on any atom is 0.306 e. The summed E-state index contributed by atoms with van der Waals surface area (Å²) in [5, 5.41) is 11.9. The second-order valence-electron chi connectivity index (χ2n) is 6.78. The smallest absolute Gasteiger partial charge is 0.306 e. The average Bonchev–Trinajstić information content (AvgIpc) is 3.04. The van der Waals surface area contributed by atoms with E-state index in [1.807, 2.05) is 0 Å². The molecule has 0 radical (unpaired) electrons. The maximum atomic E-state index is 12.4. The van der Waals surface area contributed by atoms with Crippen molar-refractivity contribution in [1.82, 2.24) is 5.32 Å². The van der Waals surface area contributed by atoms with E-state index in [1.165, 1.54) is 11.1 Å². The number of carbonyl (C=O) groups is 2. The van der Waals surface area contributed by atoms with E-state index in [1.54, 1.807) is 0 Å². The third kappa shape index (κ3) is 1.88. The number of carbonyl (C=O) groups excluding carboxylic acids is 1. The molecule has 4 rings (SSSR count). The molecule has 0 aliphatic heterocycles. The fraction of sp³-hybridized carbons (Fsp3) is 0.529. The van der Waals surface area contributed by atoms with Gasteiger partial charge >= 0.3 is 5.97 Å². The molecule has 2 atom stereocenters. The molecule has 2 fully saturated rings. The van der Waals surface area contributed by atoms with Crippen molar-refractivity contribution in [3.05, 3.63) is 35.4 Å². The van der Waals surface area contributed by atoms with Gasteiger partial charge in [-0.25, -0.2) is 0 Å². The van der Waals surface area contributed by atoms with Crippen molar-refractivity contribution in [2.24, 2.45) is 11.8 Å². The third-order valence-electron chi connectivity index (χ3n) is 5.62. The number of fused-ring (bicyclic) bond motifs is 2. The van der Waals surface area contributed by atoms with Crippen LogP contribution in [0, 0.1) is 11.8 Å². The Kier molecular flexibility index (Phi) is 2.65. The van der Waals surface area contributed by atoms with Crippen LogP contribution in [0.1, 0.15) is 36.8 Å². The van der Waals surface area contributed by atoms with Gasteiger partial charge < -0.3 is 10.4 Å². The summed E-state index contributed by atoms with van der Waals surface area (Å²) < 4.78 is 0. The number of aryl methyl sites for hydroxylation is 1. The van der Waals surface area contributed by atoms with E-state index in [2.05, 4.69) is 29.6 Å². The van der Waals surface area contributed by atoms with E-state index in [-0.39, 0.29) is 29.2 Å². The van der Waals surface area contributed by atoms with Crippen molar-refractivity contribution in [2.75, 3.05) is 0 Å². The van der Waals surface area contributed by atoms with Gasteiger partial charge in [0.05, 0.1) is 5.92 Å². The van der Waals surface area contributed by atoms with Crippen LogP contribution in [0.2, 0.25) is 0 Å². The molecule has 4 heteroatoms. The Morgan fingerprint density at radius 2 is 2.00 bits per heavy atom. The molecule has 1 aromatic carbocycles. The lowest BCUT2D eigenvalue weighted by atomic mass is 9.80. The van der Waals surface area contributed by atoms with Crippen molar-refractivity contribution in [2.45, 2.75) is 43.6 Å². The van der Waals surface area contributed by atoms with Gasteiger partial charge in [-0.15, -0.1) is 0 Å². The predicted molar refractivity (Wildman–Crippen MR) is 76.8 cm³/mol. The van der Waals surface area contributed by atoms with Gasteiger partial charge in [0.25, 0.3) is 0 Å². The zero-order valence-electron chi connectivity index (χ0n) is 11.8. The molecule has 3 aliphatic rings. The van der Waals surface area contributed by atoms with Crippen LogP contribution in [0.15, 0.2) is 24.3 Å². The van der Waals surface area contributed by atoms with Crippen LogP contribution in [0.3, 0.4) is 0 Å². The minimum atomic E-state index is -0.742. The summed E-state index contributed by atoms with van der Waals surface area (Å²) in [5.41, 5.74) is 2.83. The third-order valence-corrected chi connectivity index (χ3v) is 5.62. The van der Waals surface area contributed by atoms with Crippen LogP contribution in [0.5, 0.6) is 0 Å². The summed E-state index contributed by atoms with van der Waals surface area (Å²) in [6, 6.07) is 8.52. The van der Waals surface area contributed by atoms with Crippen molar-refractivity contribution >= 4 is 11.9 Å². The zero-order chi connectivity index (χ0) is 14.6. The van der Waals surface area contributed by atoms with E-state index in [9.17, 15) is 9.59 Å². The molecule has 4 nitrogen and oxygen atoms in total. The Labute approximate surface area is 123 Å². The van der Waals surface area contributed by atoms with Crippen LogP contribution in [0.25, 0.3) is 0 Å². The van der Waals surface area contributed by atoms with Gasteiger partial charge in [0, 0.05) is 17.4 Å². The Bertz CT molecular complexity index is 620. The second-order valence-corrected chi connectivity index (χ2v) is 6.78. The highest BCUT2D eigenvalue weighted by molar-refractivity contribution is 5.85. The number of carboxylic acids is 1. The largest absolute Gasteiger partial charge is 0.481 e. The van der Waals surface area contributed by atoms with Crippen LogP contribution in [0.4, 0.5) is 0 Å². The normalized spacial score (nSPS) is 35.9. The number of aliphatic carboxylic acids is 1. The van der Waals surface area contributed by atoms with Crippen LogP contribution in [-0.2, 0) is 21.4 Å². The highest BCUT2D eigenvalue weighted by Gasteiger charge is 2.61.